The maximum absolute atomic E-state index is 12.2. The molecule has 0 bridgehead atoms. The number of alkyl halides is 1. The van der Waals surface area contributed by atoms with Crippen molar-refractivity contribution in [2.45, 2.75) is 31.7 Å². The molecule has 1 amide bonds. The highest BCUT2D eigenvalue weighted by Gasteiger charge is 2.28. The lowest BCUT2D eigenvalue weighted by atomic mass is 10.1. The Kier molecular flexibility index (Phi) is 4.41. The molecule has 0 aliphatic carbocycles. The quantitative estimate of drug-likeness (QED) is 0.779. The maximum Gasteiger partial charge on any atom is 0.254 e. The Morgan fingerprint density at radius 1 is 1.62 bits per heavy atom. The number of hydrogen-bond donors (Lipinski definition) is 0. The van der Waals surface area contributed by atoms with Gasteiger partial charge in [0.25, 0.3) is 5.91 Å². The van der Waals surface area contributed by atoms with Gasteiger partial charge >= 0.3 is 0 Å². The van der Waals surface area contributed by atoms with Gasteiger partial charge in [-0.05, 0) is 37.1 Å². The molecule has 1 aromatic rings. The number of likely N-dealkylation sites (tertiary alicyclic amines) is 1. The Balaban J connectivity index is 1.99. The van der Waals surface area contributed by atoms with E-state index < -0.39 is 0 Å². The third-order valence-electron chi connectivity index (χ3n) is 3.08. The topological polar surface area (TPSA) is 20.3 Å². The summed E-state index contributed by atoms with van der Waals surface area (Å²) in [5.41, 5.74) is 0.857. The van der Waals surface area contributed by atoms with Crippen LogP contribution in [-0.4, -0.2) is 28.7 Å². The van der Waals surface area contributed by atoms with Crippen LogP contribution in [0, 0.1) is 0 Å². The van der Waals surface area contributed by atoms with Gasteiger partial charge in [0.2, 0.25) is 0 Å². The smallest absolute Gasteiger partial charge is 0.254 e. The number of halogens is 1. The molecule has 0 aromatic carbocycles. The molecule has 0 spiro atoms. The largest absolute Gasteiger partial charge is 0.336 e. The lowest BCUT2D eigenvalue weighted by molar-refractivity contribution is 0.0731. The molecular formula is C12H16BrNOS. The van der Waals surface area contributed by atoms with Crippen molar-refractivity contribution in [2.24, 2.45) is 0 Å². The minimum atomic E-state index is 0.221. The summed E-state index contributed by atoms with van der Waals surface area (Å²) in [6, 6.07) is 2.39. The van der Waals surface area contributed by atoms with Gasteiger partial charge in [-0.3, -0.25) is 4.79 Å². The number of hydrogen-bond acceptors (Lipinski definition) is 2. The van der Waals surface area contributed by atoms with Crippen molar-refractivity contribution in [1.82, 2.24) is 4.90 Å². The molecule has 1 aliphatic heterocycles. The zero-order chi connectivity index (χ0) is 11.4. The second-order valence-electron chi connectivity index (χ2n) is 4.14. The standard InChI is InChI=1S/C12H16BrNOS/c13-6-1-3-11-4-2-7-14(11)12(15)10-5-8-16-9-10/h5,8-9,11H,1-4,6-7H2. The molecule has 88 valence electrons. The van der Waals surface area contributed by atoms with E-state index in [2.05, 4.69) is 20.8 Å². The van der Waals surface area contributed by atoms with Crippen molar-refractivity contribution in [3.05, 3.63) is 22.4 Å². The minimum absolute atomic E-state index is 0.221. The van der Waals surface area contributed by atoms with Crippen LogP contribution in [0.1, 0.15) is 36.0 Å². The summed E-state index contributed by atoms with van der Waals surface area (Å²) in [6.45, 7) is 0.932. The van der Waals surface area contributed by atoms with Gasteiger partial charge < -0.3 is 4.90 Å². The summed E-state index contributed by atoms with van der Waals surface area (Å²) in [7, 11) is 0. The molecule has 0 radical (unpaired) electrons. The Bertz CT molecular complexity index is 339. The van der Waals surface area contributed by atoms with Crippen molar-refractivity contribution in [3.63, 3.8) is 0 Å². The van der Waals surface area contributed by atoms with E-state index in [9.17, 15) is 4.79 Å². The predicted molar refractivity (Wildman–Crippen MR) is 71.4 cm³/mol. The summed E-state index contributed by atoms with van der Waals surface area (Å²) in [6.07, 6.45) is 4.60. The number of amides is 1. The van der Waals surface area contributed by atoms with Crippen LogP contribution in [0.25, 0.3) is 0 Å². The van der Waals surface area contributed by atoms with Gasteiger partial charge in [0.15, 0.2) is 0 Å². The molecule has 1 aromatic heterocycles. The van der Waals surface area contributed by atoms with Crippen LogP contribution in [0.4, 0.5) is 0 Å². The zero-order valence-electron chi connectivity index (χ0n) is 9.19. The lowest BCUT2D eigenvalue weighted by Gasteiger charge is -2.24. The molecule has 1 unspecified atom stereocenters. The highest BCUT2D eigenvalue weighted by molar-refractivity contribution is 9.09. The SMILES string of the molecule is O=C(c1ccsc1)N1CCCC1CCCBr. The Hall–Kier alpha value is -0.350. The summed E-state index contributed by atoms with van der Waals surface area (Å²) in [5, 5.41) is 4.95. The highest BCUT2D eigenvalue weighted by atomic mass is 79.9. The average molecular weight is 302 g/mol. The summed E-state index contributed by atoms with van der Waals surface area (Å²) >= 11 is 5.04. The average Bonchev–Trinajstić information content (AvgIpc) is 2.96. The normalized spacial score (nSPS) is 20.3. The number of carbonyl (C=O) groups is 1. The van der Waals surface area contributed by atoms with Crippen LogP contribution in [-0.2, 0) is 0 Å². The van der Waals surface area contributed by atoms with E-state index in [1.54, 1.807) is 11.3 Å². The van der Waals surface area contributed by atoms with E-state index in [1.165, 1.54) is 6.42 Å². The van der Waals surface area contributed by atoms with Crippen LogP contribution >= 0.6 is 27.3 Å². The van der Waals surface area contributed by atoms with E-state index in [0.29, 0.717) is 6.04 Å². The van der Waals surface area contributed by atoms with Gasteiger partial charge in [-0.1, -0.05) is 15.9 Å². The zero-order valence-corrected chi connectivity index (χ0v) is 11.6. The fraction of sp³-hybridized carbons (Fsp3) is 0.583. The van der Waals surface area contributed by atoms with Crippen molar-refractivity contribution in [3.8, 4) is 0 Å². The van der Waals surface area contributed by atoms with Crippen LogP contribution in [0.5, 0.6) is 0 Å². The summed E-state index contributed by atoms with van der Waals surface area (Å²) < 4.78 is 0. The van der Waals surface area contributed by atoms with Crippen LogP contribution in [0.3, 0.4) is 0 Å². The van der Waals surface area contributed by atoms with E-state index >= 15 is 0 Å². The molecule has 16 heavy (non-hydrogen) atoms. The fourth-order valence-electron chi connectivity index (χ4n) is 2.27. The number of nitrogens with zero attached hydrogens (tertiary/aromatic N) is 1. The van der Waals surface area contributed by atoms with Gasteiger partial charge in [0.05, 0.1) is 5.56 Å². The van der Waals surface area contributed by atoms with Gasteiger partial charge in [0.1, 0.15) is 0 Å². The Morgan fingerprint density at radius 2 is 2.50 bits per heavy atom. The predicted octanol–water partition coefficient (Wildman–Crippen LogP) is 3.53. The molecule has 2 nitrogen and oxygen atoms in total. The van der Waals surface area contributed by atoms with Crippen molar-refractivity contribution < 1.29 is 4.79 Å². The summed E-state index contributed by atoms with van der Waals surface area (Å²) in [5.74, 6) is 0.221. The first kappa shape index (κ1) is 12.1. The van der Waals surface area contributed by atoms with E-state index in [4.69, 9.17) is 0 Å². The number of thiophene rings is 1. The van der Waals surface area contributed by atoms with Gasteiger partial charge in [-0.25, -0.2) is 0 Å². The molecule has 1 saturated heterocycles. The second kappa shape index (κ2) is 5.82. The molecular weight excluding hydrogens is 286 g/mol. The summed E-state index contributed by atoms with van der Waals surface area (Å²) in [4.78, 5) is 14.3. The third kappa shape index (κ3) is 2.66. The van der Waals surface area contributed by atoms with Crippen LogP contribution in [0.2, 0.25) is 0 Å². The monoisotopic (exact) mass is 301 g/mol. The number of rotatable bonds is 4. The molecule has 1 aliphatic rings. The van der Waals surface area contributed by atoms with E-state index in [0.717, 1.165) is 36.7 Å². The van der Waals surface area contributed by atoms with Gasteiger partial charge in [-0.15, -0.1) is 0 Å². The van der Waals surface area contributed by atoms with Crippen LogP contribution < -0.4 is 0 Å². The van der Waals surface area contributed by atoms with Crippen LogP contribution in [0.15, 0.2) is 16.8 Å². The number of carbonyl (C=O) groups excluding carboxylic acids is 1. The maximum atomic E-state index is 12.2. The molecule has 0 N–H and O–H groups in total. The van der Waals surface area contributed by atoms with Crippen molar-refractivity contribution >= 4 is 33.2 Å². The third-order valence-corrected chi connectivity index (χ3v) is 4.32. The first-order valence-corrected chi connectivity index (χ1v) is 7.78. The van der Waals surface area contributed by atoms with E-state index in [1.807, 2.05) is 16.8 Å². The van der Waals surface area contributed by atoms with Crippen molar-refractivity contribution in [2.75, 3.05) is 11.9 Å². The van der Waals surface area contributed by atoms with Gasteiger partial charge in [-0.2, -0.15) is 11.3 Å². The molecule has 4 heteroatoms. The first-order chi connectivity index (χ1) is 7.83. The molecule has 0 saturated carbocycles. The van der Waals surface area contributed by atoms with Crippen molar-refractivity contribution in [1.29, 1.82) is 0 Å². The molecule has 2 rings (SSSR count). The highest BCUT2D eigenvalue weighted by Crippen LogP contribution is 2.24. The molecule has 2 heterocycles. The molecule has 1 fully saturated rings. The first-order valence-electron chi connectivity index (χ1n) is 5.72. The Labute approximate surface area is 109 Å². The second-order valence-corrected chi connectivity index (χ2v) is 5.71. The fourth-order valence-corrected chi connectivity index (χ4v) is 3.22. The minimum Gasteiger partial charge on any atom is -0.336 e. The lowest BCUT2D eigenvalue weighted by Crippen LogP contribution is -2.35. The van der Waals surface area contributed by atoms with Gasteiger partial charge in [0, 0.05) is 23.3 Å². The Morgan fingerprint density at radius 3 is 3.19 bits per heavy atom. The molecule has 1 atom stereocenters. The van der Waals surface area contributed by atoms with E-state index in [-0.39, 0.29) is 5.91 Å².